The second-order valence-corrected chi connectivity index (χ2v) is 6.37. The highest BCUT2D eigenvalue weighted by atomic mass is 16.2. The van der Waals surface area contributed by atoms with Gasteiger partial charge in [-0.05, 0) is 19.3 Å². The summed E-state index contributed by atoms with van der Waals surface area (Å²) in [6.45, 7) is 3.14. The van der Waals surface area contributed by atoms with Gasteiger partial charge in [0.15, 0.2) is 0 Å². The van der Waals surface area contributed by atoms with Crippen molar-refractivity contribution in [1.29, 1.82) is 0 Å². The molecule has 22 heavy (non-hydrogen) atoms. The highest BCUT2D eigenvalue weighted by molar-refractivity contribution is 5.89. The van der Waals surface area contributed by atoms with Crippen LogP contribution in [0.3, 0.4) is 0 Å². The first kappa shape index (κ1) is 16.8. The minimum absolute atomic E-state index is 0.0329. The van der Waals surface area contributed by atoms with E-state index in [4.69, 9.17) is 0 Å². The number of carbonyl (C=O) groups is 3. The van der Waals surface area contributed by atoms with Crippen molar-refractivity contribution in [2.45, 2.75) is 57.9 Å². The molecule has 0 aromatic rings. The van der Waals surface area contributed by atoms with Crippen LogP contribution in [0.1, 0.15) is 51.9 Å². The van der Waals surface area contributed by atoms with Gasteiger partial charge in [0.2, 0.25) is 17.7 Å². The molecule has 3 amide bonds. The van der Waals surface area contributed by atoms with Gasteiger partial charge in [-0.3, -0.25) is 14.4 Å². The van der Waals surface area contributed by atoms with Gasteiger partial charge in [-0.1, -0.05) is 19.3 Å². The molecule has 0 bridgehead atoms. The lowest BCUT2D eigenvalue weighted by molar-refractivity contribution is -0.130. The van der Waals surface area contributed by atoms with Gasteiger partial charge in [0.1, 0.15) is 0 Å². The predicted octanol–water partition coefficient (Wildman–Crippen LogP) is 0.810. The molecule has 1 unspecified atom stereocenters. The van der Waals surface area contributed by atoms with E-state index in [2.05, 4.69) is 10.6 Å². The second kappa shape index (κ2) is 8.15. The minimum Gasteiger partial charge on any atom is -0.356 e. The molecule has 2 fully saturated rings. The van der Waals surface area contributed by atoms with Gasteiger partial charge in [-0.15, -0.1) is 0 Å². The molecule has 0 aromatic heterocycles. The zero-order chi connectivity index (χ0) is 15.9. The van der Waals surface area contributed by atoms with Gasteiger partial charge in [-0.2, -0.15) is 0 Å². The summed E-state index contributed by atoms with van der Waals surface area (Å²) in [4.78, 5) is 36.9. The van der Waals surface area contributed by atoms with Crippen molar-refractivity contribution in [3.8, 4) is 0 Å². The molecule has 6 heteroatoms. The molecule has 124 valence electrons. The maximum absolute atomic E-state index is 12.1. The highest BCUT2D eigenvalue weighted by Gasteiger charge is 2.37. The maximum atomic E-state index is 12.1. The monoisotopic (exact) mass is 309 g/mol. The summed E-state index contributed by atoms with van der Waals surface area (Å²) in [6, 6.07) is 0.346. The Labute approximate surface area is 132 Å². The van der Waals surface area contributed by atoms with E-state index >= 15 is 0 Å². The number of amides is 3. The first-order chi connectivity index (χ1) is 10.6. The largest absolute Gasteiger partial charge is 0.356 e. The van der Waals surface area contributed by atoms with E-state index < -0.39 is 0 Å². The van der Waals surface area contributed by atoms with Crippen LogP contribution in [0.2, 0.25) is 0 Å². The summed E-state index contributed by atoms with van der Waals surface area (Å²) in [5.41, 5.74) is 0. The fourth-order valence-electron chi connectivity index (χ4n) is 3.36. The van der Waals surface area contributed by atoms with E-state index in [0.717, 1.165) is 12.8 Å². The van der Waals surface area contributed by atoms with Crippen molar-refractivity contribution < 1.29 is 14.4 Å². The van der Waals surface area contributed by atoms with Gasteiger partial charge in [0.25, 0.3) is 0 Å². The lowest BCUT2D eigenvalue weighted by Crippen LogP contribution is -2.39. The summed E-state index contributed by atoms with van der Waals surface area (Å²) in [7, 11) is 0. The Balaban J connectivity index is 1.70. The average molecular weight is 309 g/mol. The van der Waals surface area contributed by atoms with E-state index in [1.807, 2.05) is 4.90 Å². The lowest BCUT2D eigenvalue weighted by atomic mass is 9.94. The number of hydrogen-bond acceptors (Lipinski definition) is 3. The highest BCUT2D eigenvalue weighted by Crippen LogP contribution is 2.28. The van der Waals surface area contributed by atoms with Crippen molar-refractivity contribution >= 4 is 17.7 Å². The Morgan fingerprint density at radius 1 is 1.14 bits per heavy atom. The predicted molar refractivity (Wildman–Crippen MR) is 83.0 cm³/mol. The number of hydrogen-bond donors (Lipinski definition) is 2. The smallest absolute Gasteiger partial charge is 0.225 e. The Bertz CT molecular complexity index is 419. The average Bonchev–Trinajstić information content (AvgIpc) is 2.89. The molecule has 1 aliphatic heterocycles. The van der Waals surface area contributed by atoms with Crippen molar-refractivity contribution in [3.63, 3.8) is 0 Å². The maximum Gasteiger partial charge on any atom is 0.225 e. The third-order valence-corrected chi connectivity index (χ3v) is 4.57. The first-order valence-corrected chi connectivity index (χ1v) is 8.39. The molecule has 1 heterocycles. The summed E-state index contributed by atoms with van der Waals surface area (Å²) in [5, 5.41) is 5.57. The molecule has 1 aliphatic carbocycles. The molecule has 6 nitrogen and oxygen atoms in total. The molecular weight excluding hydrogens is 282 g/mol. The van der Waals surface area contributed by atoms with Crippen LogP contribution >= 0.6 is 0 Å². The van der Waals surface area contributed by atoms with Gasteiger partial charge < -0.3 is 15.5 Å². The zero-order valence-corrected chi connectivity index (χ0v) is 13.4. The number of carbonyl (C=O) groups excluding carboxylic acids is 3. The number of rotatable bonds is 6. The van der Waals surface area contributed by atoms with E-state index in [-0.39, 0.29) is 23.6 Å². The van der Waals surface area contributed by atoms with Crippen LogP contribution < -0.4 is 10.6 Å². The van der Waals surface area contributed by atoms with E-state index in [9.17, 15) is 14.4 Å². The van der Waals surface area contributed by atoms with Crippen molar-refractivity contribution in [3.05, 3.63) is 0 Å². The third kappa shape index (κ3) is 4.71. The van der Waals surface area contributed by atoms with Crippen LogP contribution in [0.5, 0.6) is 0 Å². The standard InChI is InChI=1S/C16H27N3O3/c1-12(20)17-8-5-9-18-16(22)13-10-15(21)19(11-13)14-6-3-2-4-7-14/h13-14H,2-11H2,1H3,(H,17,20)(H,18,22). The fraction of sp³-hybridized carbons (Fsp3) is 0.812. The third-order valence-electron chi connectivity index (χ3n) is 4.57. The van der Waals surface area contributed by atoms with Crippen LogP contribution in [0, 0.1) is 5.92 Å². The van der Waals surface area contributed by atoms with Crippen LogP contribution in [0.4, 0.5) is 0 Å². The molecule has 1 atom stereocenters. The van der Waals surface area contributed by atoms with Crippen molar-refractivity contribution in [2.24, 2.45) is 5.92 Å². The number of nitrogens with zero attached hydrogens (tertiary/aromatic N) is 1. The lowest BCUT2D eigenvalue weighted by Gasteiger charge is -2.31. The SMILES string of the molecule is CC(=O)NCCCNC(=O)C1CC(=O)N(C2CCCCC2)C1. The molecule has 0 spiro atoms. The van der Waals surface area contributed by atoms with E-state index in [0.29, 0.717) is 38.5 Å². The van der Waals surface area contributed by atoms with E-state index in [1.165, 1.54) is 26.2 Å². The Morgan fingerprint density at radius 3 is 2.50 bits per heavy atom. The Kier molecular flexibility index (Phi) is 6.21. The molecule has 1 saturated heterocycles. The van der Waals surface area contributed by atoms with E-state index in [1.54, 1.807) is 0 Å². The normalized spacial score (nSPS) is 22.7. The molecule has 0 aromatic carbocycles. The van der Waals surface area contributed by atoms with Gasteiger partial charge in [0, 0.05) is 39.0 Å². The number of nitrogens with one attached hydrogen (secondary N) is 2. The van der Waals surface area contributed by atoms with Crippen molar-refractivity contribution in [2.75, 3.05) is 19.6 Å². The Morgan fingerprint density at radius 2 is 1.82 bits per heavy atom. The molecule has 0 radical (unpaired) electrons. The van der Waals surface area contributed by atoms with Gasteiger partial charge in [-0.25, -0.2) is 0 Å². The Hall–Kier alpha value is -1.59. The second-order valence-electron chi connectivity index (χ2n) is 6.37. The zero-order valence-electron chi connectivity index (χ0n) is 13.4. The first-order valence-electron chi connectivity index (χ1n) is 8.39. The van der Waals surface area contributed by atoms with Gasteiger partial charge in [0.05, 0.1) is 5.92 Å². The van der Waals surface area contributed by atoms with Crippen LogP contribution in [0.15, 0.2) is 0 Å². The molecule has 1 saturated carbocycles. The minimum atomic E-state index is -0.213. The van der Waals surface area contributed by atoms with Gasteiger partial charge >= 0.3 is 0 Å². The van der Waals surface area contributed by atoms with Crippen LogP contribution in [0.25, 0.3) is 0 Å². The fourth-order valence-corrected chi connectivity index (χ4v) is 3.36. The topological polar surface area (TPSA) is 78.5 Å². The molecule has 2 N–H and O–H groups in total. The summed E-state index contributed by atoms with van der Waals surface area (Å²) in [6.07, 6.45) is 6.85. The van der Waals surface area contributed by atoms with Crippen LogP contribution in [-0.4, -0.2) is 48.3 Å². The van der Waals surface area contributed by atoms with Crippen molar-refractivity contribution in [1.82, 2.24) is 15.5 Å². The molecular formula is C16H27N3O3. The molecule has 2 aliphatic rings. The summed E-state index contributed by atoms with van der Waals surface area (Å²) < 4.78 is 0. The summed E-state index contributed by atoms with van der Waals surface area (Å²) in [5.74, 6) is -0.175. The quantitative estimate of drug-likeness (QED) is 0.713. The summed E-state index contributed by atoms with van der Waals surface area (Å²) >= 11 is 0. The number of likely N-dealkylation sites (tertiary alicyclic amines) is 1. The molecule has 2 rings (SSSR count). The van der Waals surface area contributed by atoms with Crippen LogP contribution in [-0.2, 0) is 14.4 Å².